The van der Waals surface area contributed by atoms with E-state index in [1.807, 2.05) is 0 Å². The van der Waals surface area contributed by atoms with Crippen molar-refractivity contribution in [2.75, 3.05) is 7.05 Å². The number of hydrogen-bond donors (Lipinski definition) is 1. The molecule has 3 aromatic rings. The van der Waals surface area contributed by atoms with Gasteiger partial charge in [-0.3, -0.25) is 19.0 Å². The van der Waals surface area contributed by atoms with Crippen LogP contribution < -0.4 is 5.32 Å². The third-order valence-electron chi connectivity index (χ3n) is 4.65. The topological polar surface area (TPSA) is 68.2 Å². The highest BCUT2D eigenvalue weighted by atomic mass is 35.5. The minimum Gasteiger partial charge on any atom is -0.359 e. The van der Waals surface area contributed by atoms with E-state index in [-0.39, 0.29) is 24.0 Å². The van der Waals surface area contributed by atoms with Crippen LogP contribution in [0.25, 0.3) is 10.9 Å². The summed E-state index contributed by atoms with van der Waals surface area (Å²) in [5.41, 5.74) is 3.10. The summed E-state index contributed by atoms with van der Waals surface area (Å²) in [6, 6.07) is 11.8. The van der Waals surface area contributed by atoms with E-state index in [9.17, 15) is 14.4 Å². The molecule has 1 aromatic heterocycles. The fourth-order valence-electron chi connectivity index (χ4n) is 3.16. The van der Waals surface area contributed by atoms with Crippen LogP contribution in [0.3, 0.4) is 0 Å². The number of amides is 1. The standard InChI is InChI=1S/C21H19ClN2O3/c1-12-17(11-20(26)23-3)18-10-15(13(2)25)6-9-19(18)24(12)21(27)14-4-7-16(22)8-5-14/h4-10H,11H2,1-3H3,(H,23,26). The zero-order chi connectivity index (χ0) is 19.7. The third-order valence-corrected chi connectivity index (χ3v) is 4.90. The number of ketones is 1. The number of carbonyl (C=O) groups is 3. The molecule has 1 heterocycles. The maximum Gasteiger partial charge on any atom is 0.262 e. The van der Waals surface area contributed by atoms with E-state index in [1.165, 1.54) is 6.92 Å². The van der Waals surface area contributed by atoms with Crippen molar-refractivity contribution in [2.24, 2.45) is 0 Å². The van der Waals surface area contributed by atoms with Gasteiger partial charge < -0.3 is 5.32 Å². The largest absolute Gasteiger partial charge is 0.359 e. The van der Waals surface area contributed by atoms with Gasteiger partial charge in [-0.25, -0.2) is 0 Å². The van der Waals surface area contributed by atoms with Crippen molar-refractivity contribution in [2.45, 2.75) is 20.3 Å². The molecule has 5 nitrogen and oxygen atoms in total. The SMILES string of the molecule is CNC(=O)Cc1c(C)n(C(=O)c2ccc(Cl)cc2)c2ccc(C(C)=O)cc12. The van der Waals surface area contributed by atoms with Crippen molar-refractivity contribution >= 4 is 40.1 Å². The van der Waals surface area contributed by atoms with Gasteiger partial charge in [0, 0.05) is 34.3 Å². The number of nitrogens with one attached hydrogen (secondary N) is 1. The van der Waals surface area contributed by atoms with Crippen LogP contribution in [0.4, 0.5) is 0 Å². The number of Topliss-reactive ketones (excluding diaryl/α,β-unsaturated/α-hetero) is 1. The Balaban J connectivity index is 2.24. The van der Waals surface area contributed by atoms with Crippen LogP contribution in [0.15, 0.2) is 42.5 Å². The van der Waals surface area contributed by atoms with Crippen LogP contribution in [0.2, 0.25) is 5.02 Å². The predicted molar refractivity (Wildman–Crippen MR) is 106 cm³/mol. The molecule has 0 spiro atoms. The second-order valence-electron chi connectivity index (χ2n) is 6.35. The van der Waals surface area contributed by atoms with Gasteiger partial charge in [0.25, 0.3) is 5.91 Å². The molecule has 1 N–H and O–H groups in total. The van der Waals surface area contributed by atoms with Crippen LogP contribution in [0.1, 0.15) is 38.9 Å². The van der Waals surface area contributed by atoms with Crippen LogP contribution in [0, 0.1) is 6.92 Å². The molecule has 0 unspecified atom stereocenters. The summed E-state index contributed by atoms with van der Waals surface area (Å²) in [6.07, 6.45) is 0.126. The van der Waals surface area contributed by atoms with E-state index in [0.29, 0.717) is 27.4 Å². The monoisotopic (exact) mass is 382 g/mol. The van der Waals surface area contributed by atoms with E-state index in [1.54, 1.807) is 61.0 Å². The summed E-state index contributed by atoms with van der Waals surface area (Å²) in [5.74, 6) is -0.450. The van der Waals surface area contributed by atoms with Gasteiger partial charge in [0.2, 0.25) is 5.91 Å². The molecule has 0 atom stereocenters. The van der Waals surface area contributed by atoms with Crippen molar-refractivity contribution in [3.8, 4) is 0 Å². The highest BCUT2D eigenvalue weighted by Crippen LogP contribution is 2.29. The molecule has 2 aromatic carbocycles. The lowest BCUT2D eigenvalue weighted by Crippen LogP contribution is -2.20. The van der Waals surface area contributed by atoms with Crippen molar-refractivity contribution in [3.05, 3.63) is 69.9 Å². The number of fused-ring (bicyclic) bond motifs is 1. The third kappa shape index (κ3) is 3.51. The fraction of sp³-hybridized carbons (Fsp3) is 0.190. The normalized spacial score (nSPS) is 10.8. The first-order valence-corrected chi connectivity index (χ1v) is 8.87. The molecule has 0 saturated carbocycles. The summed E-state index contributed by atoms with van der Waals surface area (Å²) in [7, 11) is 1.57. The smallest absolute Gasteiger partial charge is 0.262 e. The molecular formula is C21H19ClN2O3. The Hall–Kier alpha value is -2.92. The number of nitrogens with zero attached hydrogens (tertiary/aromatic N) is 1. The summed E-state index contributed by atoms with van der Waals surface area (Å²) in [6.45, 7) is 3.29. The first kappa shape index (κ1) is 18.9. The second-order valence-corrected chi connectivity index (χ2v) is 6.79. The van der Waals surface area contributed by atoms with Gasteiger partial charge in [0.1, 0.15) is 0 Å². The van der Waals surface area contributed by atoms with Crippen LogP contribution in [-0.2, 0) is 11.2 Å². The number of hydrogen-bond acceptors (Lipinski definition) is 3. The first-order valence-electron chi connectivity index (χ1n) is 8.49. The molecule has 0 radical (unpaired) electrons. The molecule has 0 aliphatic carbocycles. The van der Waals surface area contributed by atoms with Crippen LogP contribution >= 0.6 is 11.6 Å². The summed E-state index contributed by atoms with van der Waals surface area (Å²) >= 11 is 5.92. The van der Waals surface area contributed by atoms with E-state index < -0.39 is 0 Å². The molecule has 0 fully saturated rings. The number of benzene rings is 2. The van der Waals surface area contributed by atoms with Crippen molar-refractivity contribution in [3.63, 3.8) is 0 Å². The minimum absolute atomic E-state index is 0.0720. The highest BCUT2D eigenvalue weighted by Gasteiger charge is 2.22. The van der Waals surface area contributed by atoms with Crippen molar-refractivity contribution in [1.82, 2.24) is 9.88 Å². The van der Waals surface area contributed by atoms with Crippen molar-refractivity contribution < 1.29 is 14.4 Å². The lowest BCUT2D eigenvalue weighted by Gasteiger charge is -2.08. The number of aromatic nitrogens is 1. The molecule has 27 heavy (non-hydrogen) atoms. The molecule has 3 rings (SSSR count). The average Bonchev–Trinajstić information content (AvgIpc) is 2.92. The number of likely N-dealkylation sites (N-methyl/N-ethyl adjacent to an activating group) is 1. The number of rotatable bonds is 4. The van der Waals surface area contributed by atoms with Gasteiger partial charge in [-0.1, -0.05) is 11.6 Å². The highest BCUT2D eigenvalue weighted by molar-refractivity contribution is 6.30. The Kier molecular flexibility index (Phi) is 5.15. The van der Waals surface area contributed by atoms with E-state index >= 15 is 0 Å². The molecular weight excluding hydrogens is 364 g/mol. The predicted octanol–water partition coefficient (Wildman–Crippen LogP) is 3.78. The molecule has 0 saturated heterocycles. The summed E-state index contributed by atoms with van der Waals surface area (Å²) in [5, 5.41) is 3.88. The molecule has 138 valence electrons. The van der Waals surface area contributed by atoms with E-state index in [4.69, 9.17) is 11.6 Å². The number of halogens is 1. The van der Waals surface area contributed by atoms with Crippen LogP contribution in [-0.4, -0.2) is 29.2 Å². The Morgan fingerprint density at radius 2 is 1.67 bits per heavy atom. The van der Waals surface area contributed by atoms with Gasteiger partial charge in [-0.05, 0) is 61.9 Å². The second kappa shape index (κ2) is 7.37. The molecule has 0 bridgehead atoms. The van der Waals surface area contributed by atoms with Gasteiger partial charge in [0.05, 0.1) is 11.9 Å². The fourth-order valence-corrected chi connectivity index (χ4v) is 3.28. The quantitative estimate of drug-likeness (QED) is 0.698. The first-order chi connectivity index (χ1) is 12.8. The average molecular weight is 383 g/mol. The summed E-state index contributed by atoms with van der Waals surface area (Å²) in [4.78, 5) is 36.9. The lowest BCUT2D eigenvalue weighted by atomic mass is 10.0. The number of carbonyl (C=O) groups excluding carboxylic acids is 3. The Bertz CT molecular complexity index is 1070. The molecule has 1 amide bonds. The van der Waals surface area contributed by atoms with Gasteiger partial charge >= 0.3 is 0 Å². The Morgan fingerprint density at radius 3 is 2.26 bits per heavy atom. The minimum atomic E-state index is -0.215. The Morgan fingerprint density at radius 1 is 1.04 bits per heavy atom. The zero-order valence-electron chi connectivity index (χ0n) is 15.3. The Labute approximate surface area is 161 Å². The zero-order valence-corrected chi connectivity index (χ0v) is 16.1. The molecule has 0 aliphatic heterocycles. The lowest BCUT2D eigenvalue weighted by molar-refractivity contribution is -0.119. The van der Waals surface area contributed by atoms with Crippen LogP contribution in [0.5, 0.6) is 0 Å². The summed E-state index contributed by atoms with van der Waals surface area (Å²) < 4.78 is 1.58. The van der Waals surface area contributed by atoms with Gasteiger partial charge in [0.15, 0.2) is 5.78 Å². The van der Waals surface area contributed by atoms with E-state index in [0.717, 1.165) is 10.9 Å². The van der Waals surface area contributed by atoms with Crippen molar-refractivity contribution in [1.29, 1.82) is 0 Å². The molecule has 0 aliphatic rings. The van der Waals surface area contributed by atoms with Gasteiger partial charge in [-0.15, -0.1) is 0 Å². The maximum absolute atomic E-state index is 13.1. The molecule has 6 heteroatoms. The van der Waals surface area contributed by atoms with E-state index in [2.05, 4.69) is 5.32 Å². The van der Waals surface area contributed by atoms with Gasteiger partial charge in [-0.2, -0.15) is 0 Å². The maximum atomic E-state index is 13.1.